The summed E-state index contributed by atoms with van der Waals surface area (Å²) in [7, 11) is -10.0. The first-order chi connectivity index (χ1) is 13.6. The monoisotopic (exact) mass is 476 g/mol. The predicted octanol–water partition coefficient (Wildman–Crippen LogP) is -6.32. The zero-order valence-electron chi connectivity index (χ0n) is 14.7. The van der Waals surface area contributed by atoms with Crippen LogP contribution >= 0.6 is 0 Å². The van der Waals surface area contributed by atoms with Crippen LogP contribution in [0.2, 0.25) is 0 Å². The van der Waals surface area contributed by atoms with Crippen LogP contribution in [0, 0.1) is 0 Å². The van der Waals surface area contributed by atoms with Crippen molar-refractivity contribution in [2.45, 2.75) is 29.6 Å². The molecule has 1 fully saturated rings. The SMILES string of the molecule is NC1=N[C@H]2[C@H](COC(=O)NS(=O)(=O)O)NC(N)=[N+]3C[C@H](OS(=O)(=O)O)C(O)(O)[C@]23N1. The lowest BCUT2D eigenvalue weighted by molar-refractivity contribution is -0.623. The highest BCUT2D eigenvalue weighted by molar-refractivity contribution is 7.84. The maximum atomic E-state index is 11.5. The molecule has 0 aliphatic carbocycles. The van der Waals surface area contributed by atoms with Gasteiger partial charge in [-0.25, -0.2) is 18.5 Å². The van der Waals surface area contributed by atoms with E-state index in [1.165, 1.54) is 0 Å². The van der Waals surface area contributed by atoms with Crippen molar-refractivity contribution < 1.29 is 54.4 Å². The Morgan fingerprint density at radius 1 is 1.30 bits per heavy atom. The Kier molecular flexibility index (Phi) is 5.00. The highest BCUT2D eigenvalue weighted by Gasteiger charge is 2.76. The predicted molar refractivity (Wildman–Crippen MR) is 92.1 cm³/mol. The van der Waals surface area contributed by atoms with Crippen LogP contribution in [-0.4, -0.2) is 102 Å². The van der Waals surface area contributed by atoms with Crippen molar-refractivity contribution in [2.75, 3.05) is 13.2 Å². The van der Waals surface area contributed by atoms with Crippen molar-refractivity contribution in [1.82, 2.24) is 15.4 Å². The zero-order valence-corrected chi connectivity index (χ0v) is 16.3. The van der Waals surface area contributed by atoms with Crippen LogP contribution in [0.1, 0.15) is 0 Å². The highest BCUT2D eigenvalue weighted by Crippen LogP contribution is 2.42. The summed E-state index contributed by atoms with van der Waals surface area (Å²) >= 11 is 0. The van der Waals surface area contributed by atoms with Gasteiger partial charge in [-0.1, -0.05) is 0 Å². The zero-order chi connectivity index (χ0) is 22.7. The number of guanidine groups is 2. The lowest BCUT2D eigenvalue weighted by atomic mass is 9.86. The summed E-state index contributed by atoms with van der Waals surface area (Å²) in [4.78, 5) is 15.4. The summed E-state index contributed by atoms with van der Waals surface area (Å²) in [6.45, 7) is -1.23. The molecule has 0 aromatic heterocycles. The summed E-state index contributed by atoms with van der Waals surface area (Å²) in [6, 6.07) is -2.46. The molecular formula is C10H18N7O11S2+. The van der Waals surface area contributed by atoms with Crippen LogP contribution < -0.4 is 26.8 Å². The number of aliphatic imine (C=N–C) groups is 1. The molecule has 3 aliphatic rings. The maximum Gasteiger partial charge on any atom is 0.422 e. The van der Waals surface area contributed by atoms with Gasteiger partial charge >= 0.3 is 32.8 Å². The summed E-state index contributed by atoms with van der Waals surface area (Å²) in [5.41, 5.74) is 9.42. The molecule has 20 heteroatoms. The molecule has 18 nitrogen and oxygen atoms in total. The molecule has 0 saturated carbocycles. The average molecular weight is 476 g/mol. The third kappa shape index (κ3) is 3.68. The van der Waals surface area contributed by atoms with E-state index >= 15 is 0 Å². The van der Waals surface area contributed by atoms with Gasteiger partial charge in [-0.2, -0.15) is 21.6 Å². The molecule has 3 heterocycles. The van der Waals surface area contributed by atoms with E-state index in [1.807, 2.05) is 0 Å². The summed E-state index contributed by atoms with van der Waals surface area (Å²) < 4.78 is 72.2. The van der Waals surface area contributed by atoms with Crippen LogP contribution in [0.5, 0.6) is 0 Å². The van der Waals surface area contributed by atoms with E-state index in [0.29, 0.717) is 0 Å². The van der Waals surface area contributed by atoms with Crippen molar-refractivity contribution in [3.05, 3.63) is 0 Å². The van der Waals surface area contributed by atoms with E-state index in [9.17, 15) is 31.8 Å². The fourth-order valence-corrected chi connectivity index (χ4v) is 4.41. The van der Waals surface area contributed by atoms with Gasteiger partial charge in [-0.05, 0) is 0 Å². The number of aliphatic hydroxyl groups is 2. The van der Waals surface area contributed by atoms with Crippen LogP contribution in [-0.2, 0) is 29.6 Å². The van der Waals surface area contributed by atoms with Crippen molar-refractivity contribution in [3.63, 3.8) is 0 Å². The van der Waals surface area contributed by atoms with Crippen LogP contribution in [0.4, 0.5) is 4.79 Å². The topological polar surface area (TPSA) is 288 Å². The first kappa shape index (κ1) is 22.2. The molecule has 0 radical (unpaired) electrons. The molecule has 0 unspecified atom stereocenters. The van der Waals surface area contributed by atoms with E-state index in [-0.39, 0.29) is 11.9 Å². The number of nitrogens with two attached hydrogens (primary N) is 2. The Morgan fingerprint density at radius 2 is 1.93 bits per heavy atom. The molecule has 0 aromatic rings. The Labute approximate surface area is 168 Å². The molecule has 1 spiro atoms. The second-order valence-corrected chi connectivity index (χ2v) is 8.71. The lowest BCUT2D eigenvalue weighted by Crippen LogP contribution is -2.78. The number of nitrogens with zero attached hydrogens (tertiary/aromatic N) is 2. The van der Waals surface area contributed by atoms with Gasteiger partial charge in [-0.15, -0.1) is 0 Å². The smallest absolute Gasteiger partial charge is 0.422 e. The van der Waals surface area contributed by atoms with Crippen LogP contribution in [0.15, 0.2) is 4.99 Å². The van der Waals surface area contributed by atoms with Gasteiger partial charge in [0, 0.05) is 0 Å². The second kappa shape index (κ2) is 6.76. The van der Waals surface area contributed by atoms with Crippen LogP contribution in [0.3, 0.4) is 0 Å². The van der Waals surface area contributed by atoms with Gasteiger partial charge in [0.2, 0.25) is 5.66 Å². The van der Waals surface area contributed by atoms with Crippen molar-refractivity contribution in [3.8, 4) is 0 Å². The Bertz CT molecular complexity index is 1040. The number of carbonyl (C=O) groups excluding carboxylic acids is 1. The van der Waals surface area contributed by atoms with E-state index in [2.05, 4.69) is 24.5 Å². The number of rotatable bonds is 5. The third-order valence-corrected chi connectivity index (χ3v) is 5.56. The van der Waals surface area contributed by atoms with E-state index in [4.69, 9.17) is 20.6 Å². The van der Waals surface area contributed by atoms with E-state index in [1.54, 1.807) is 0 Å². The molecule has 3 rings (SSSR count). The normalized spacial score (nSPS) is 32.4. The Hall–Kier alpha value is -2.49. The minimum Gasteiger partial charge on any atom is -0.445 e. The molecule has 1 amide bonds. The summed E-state index contributed by atoms with van der Waals surface area (Å²) in [5, 5.41) is 26.6. The van der Waals surface area contributed by atoms with Crippen LogP contribution in [0.25, 0.3) is 0 Å². The number of nitrogens with one attached hydrogen (secondary N) is 3. The van der Waals surface area contributed by atoms with Crippen molar-refractivity contribution in [2.24, 2.45) is 16.5 Å². The third-order valence-electron chi connectivity index (χ3n) is 4.66. The first-order valence-corrected chi connectivity index (χ1v) is 10.7. The Morgan fingerprint density at radius 3 is 2.50 bits per heavy atom. The van der Waals surface area contributed by atoms with Crippen molar-refractivity contribution in [1.29, 1.82) is 0 Å². The summed E-state index contributed by atoms with van der Waals surface area (Å²) in [5.74, 6) is -3.67. The average Bonchev–Trinajstić information content (AvgIpc) is 2.99. The number of amides is 1. The second-order valence-electron chi connectivity index (χ2n) is 6.51. The minimum atomic E-state index is -5.11. The fraction of sp³-hybridized carbons (Fsp3) is 0.700. The Balaban J connectivity index is 1.93. The molecule has 0 aromatic carbocycles. The first-order valence-electron chi connectivity index (χ1n) is 7.87. The maximum absolute atomic E-state index is 11.5. The molecule has 1 saturated heterocycles. The van der Waals surface area contributed by atoms with Gasteiger partial charge in [-0.3, -0.25) is 20.2 Å². The number of hydrogen-bond donors (Lipinski definition) is 9. The van der Waals surface area contributed by atoms with Gasteiger partial charge in [0.1, 0.15) is 19.2 Å². The fourth-order valence-electron chi connectivity index (χ4n) is 3.66. The molecular weight excluding hydrogens is 458 g/mol. The highest BCUT2D eigenvalue weighted by atomic mass is 32.3. The van der Waals surface area contributed by atoms with E-state index in [0.717, 1.165) is 9.30 Å². The summed E-state index contributed by atoms with van der Waals surface area (Å²) in [6.07, 6.45) is -3.51. The van der Waals surface area contributed by atoms with Crippen molar-refractivity contribution >= 4 is 38.7 Å². The largest absolute Gasteiger partial charge is 0.445 e. The molecule has 3 aliphatic heterocycles. The number of ether oxygens (including phenoxy) is 1. The van der Waals surface area contributed by atoms with Gasteiger partial charge in [0.05, 0.1) is 0 Å². The van der Waals surface area contributed by atoms with Gasteiger partial charge in [0.25, 0.3) is 5.79 Å². The molecule has 11 N–H and O–H groups in total. The minimum absolute atomic E-state index is 0.277. The molecule has 4 atom stereocenters. The quantitative estimate of drug-likeness (QED) is 0.101. The molecule has 170 valence electrons. The van der Waals surface area contributed by atoms with E-state index < -0.39 is 69.6 Å². The standard InChI is InChI=1S/C10H17N7O11S2/c11-6-14-5-3(2-27-8(18)16-29(21,22)23)13-7(12)17-1-4(28-30(24,25)26)10(19,20)9(5,17)15-6/h3-5,19-20H,1-2H2,(H8,11,12,13,14,15,16,18,21,22,23,24,25,26)/p+1/t3-,4-,5-,9-/m0/s1. The van der Waals surface area contributed by atoms with Gasteiger partial charge in [0.15, 0.2) is 18.1 Å². The van der Waals surface area contributed by atoms with Gasteiger partial charge < -0.3 is 26.0 Å². The molecule has 30 heavy (non-hydrogen) atoms. The molecule has 0 bridgehead atoms. The lowest BCUT2D eigenvalue weighted by Gasteiger charge is -2.43. The number of carbonyl (C=O) groups is 1. The number of hydrogen-bond acceptors (Lipinski definition) is 14.